The van der Waals surface area contributed by atoms with Crippen molar-refractivity contribution in [2.45, 2.75) is 56.8 Å². The van der Waals surface area contributed by atoms with E-state index in [1.54, 1.807) is 4.31 Å². The van der Waals surface area contributed by atoms with E-state index < -0.39 is 10.0 Å². The lowest BCUT2D eigenvalue weighted by atomic mass is 10.1. The van der Waals surface area contributed by atoms with Crippen LogP contribution in [-0.2, 0) is 16.6 Å². The van der Waals surface area contributed by atoms with Crippen molar-refractivity contribution in [1.82, 2.24) is 9.62 Å². The third kappa shape index (κ3) is 4.52. The lowest BCUT2D eigenvalue weighted by molar-refractivity contribution is 0.362. The Hall–Kier alpha value is -0.430. The van der Waals surface area contributed by atoms with Gasteiger partial charge in [-0.05, 0) is 35.8 Å². The van der Waals surface area contributed by atoms with Crippen LogP contribution in [0.2, 0.25) is 0 Å². The molecule has 1 aromatic heterocycles. The van der Waals surface area contributed by atoms with Gasteiger partial charge >= 0.3 is 0 Å². The summed E-state index contributed by atoms with van der Waals surface area (Å²) in [5, 5.41) is 5.38. The van der Waals surface area contributed by atoms with E-state index in [2.05, 4.69) is 19.2 Å². The third-order valence-electron chi connectivity index (χ3n) is 3.96. The Labute approximate surface area is 132 Å². The van der Waals surface area contributed by atoms with Crippen LogP contribution >= 0.6 is 11.3 Å². The molecule has 1 N–H and O–H groups in total. The van der Waals surface area contributed by atoms with Crippen LogP contribution in [0.4, 0.5) is 0 Å². The quantitative estimate of drug-likeness (QED) is 0.757. The molecule has 0 radical (unpaired) electrons. The zero-order valence-electron chi connectivity index (χ0n) is 13.1. The van der Waals surface area contributed by atoms with Crippen LogP contribution in [0.1, 0.15) is 45.6 Å². The van der Waals surface area contributed by atoms with Crippen LogP contribution < -0.4 is 5.32 Å². The Bertz CT molecular complexity index is 550. The first-order chi connectivity index (χ1) is 9.97. The summed E-state index contributed by atoms with van der Waals surface area (Å²) in [6.07, 6.45) is 3.48. The van der Waals surface area contributed by atoms with Crippen molar-refractivity contribution in [2.75, 3.05) is 13.1 Å². The molecule has 1 saturated carbocycles. The second-order valence-corrected chi connectivity index (χ2v) is 8.97. The molecule has 1 fully saturated rings. The van der Waals surface area contributed by atoms with E-state index in [0.29, 0.717) is 29.3 Å². The molecule has 0 saturated heterocycles. The lowest BCUT2D eigenvalue weighted by Crippen LogP contribution is -2.34. The molecule has 1 heterocycles. The van der Waals surface area contributed by atoms with E-state index >= 15 is 0 Å². The molecule has 0 aliphatic heterocycles. The first kappa shape index (κ1) is 16.9. The molecule has 0 bridgehead atoms. The minimum atomic E-state index is -3.33. The number of hydrogen-bond donors (Lipinski definition) is 1. The maximum absolute atomic E-state index is 12.7. The molecule has 1 unspecified atom stereocenters. The van der Waals surface area contributed by atoms with Crippen LogP contribution in [0.3, 0.4) is 0 Å². The van der Waals surface area contributed by atoms with Gasteiger partial charge in [-0.1, -0.05) is 27.2 Å². The normalized spacial score (nSPS) is 17.3. The monoisotopic (exact) mass is 330 g/mol. The summed E-state index contributed by atoms with van der Waals surface area (Å²) in [6, 6.07) is 2.47. The Morgan fingerprint density at radius 2 is 2.14 bits per heavy atom. The summed E-state index contributed by atoms with van der Waals surface area (Å²) in [4.78, 5) is 0. The molecule has 21 heavy (non-hydrogen) atoms. The summed E-state index contributed by atoms with van der Waals surface area (Å²) >= 11 is 1.34. The van der Waals surface area contributed by atoms with Gasteiger partial charge in [0.15, 0.2) is 0 Å². The Kier molecular flexibility index (Phi) is 5.82. The number of thiophene rings is 1. The van der Waals surface area contributed by atoms with E-state index in [9.17, 15) is 8.42 Å². The van der Waals surface area contributed by atoms with Gasteiger partial charge in [0.05, 0.1) is 0 Å². The highest BCUT2D eigenvalue weighted by atomic mass is 32.2. The molecule has 0 aromatic carbocycles. The molecule has 1 atom stereocenters. The highest BCUT2D eigenvalue weighted by molar-refractivity contribution is 7.91. The van der Waals surface area contributed by atoms with Crippen molar-refractivity contribution in [1.29, 1.82) is 0 Å². The van der Waals surface area contributed by atoms with Gasteiger partial charge in [0.1, 0.15) is 4.21 Å². The average Bonchev–Trinajstić information content (AvgIpc) is 3.17. The molecule has 0 spiro atoms. The molecule has 0 amide bonds. The van der Waals surface area contributed by atoms with Crippen LogP contribution in [0.15, 0.2) is 15.7 Å². The summed E-state index contributed by atoms with van der Waals surface area (Å²) in [6.45, 7) is 8.00. The Balaban J connectivity index is 2.05. The van der Waals surface area contributed by atoms with Crippen molar-refractivity contribution in [3.05, 3.63) is 17.0 Å². The standard InChI is InChI=1S/C15H26N2O2S2/c1-4-12(3)10-17(5-2)21(18,19)15-8-13(11-20-15)9-16-14-6-7-14/h8,11-12,14,16H,4-7,9-10H2,1-3H3. The summed E-state index contributed by atoms with van der Waals surface area (Å²) < 4.78 is 27.5. The van der Waals surface area contributed by atoms with Crippen molar-refractivity contribution >= 4 is 21.4 Å². The van der Waals surface area contributed by atoms with E-state index in [4.69, 9.17) is 0 Å². The SMILES string of the molecule is CCC(C)CN(CC)S(=O)(=O)c1cc(CNC2CC2)cs1. The molecule has 1 aliphatic carbocycles. The van der Waals surface area contributed by atoms with Gasteiger partial charge in [-0.25, -0.2) is 8.42 Å². The van der Waals surface area contributed by atoms with Crippen LogP contribution in [0, 0.1) is 5.92 Å². The topological polar surface area (TPSA) is 49.4 Å². The fourth-order valence-electron chi connectivity index (χ4n) is 2.13. The molecule has 4 nitrogen and oxygen atoms in total. The fourth-order valence-corrected chi connectivity index (χ4v) is 5.06. The second-order valence-electron chi connectivity index (χ2n) is 5.90. The molecule has 1 aromatic rings. The molecule has 6 heteroatoms. The number of rotatable bonds is 9. The van der Waals surface area contributed by atoms with E-state index in [1.807, 2.05) is 18.4 Å². The summed E-state index contributed by atoms with van der Waals surface area (Å²) in [5.74, 6) is 0.385. The minimum Gasteiger partial charge on any atom is -0.310 e. The van der Waals surface area contributed by atoms with Crippen molar-refractivity contribution in [3.8, 4) is 0 Å². The number of nitrogens with zero attached hydrogens (tertiary/aromatic N) is 1. The molecule has 2 rings (SSSR count). The van der Waals surface area contributed by atoms with Gasteiger partial charge in [-0.3, -0.25) is 0 Å². The van der Waals surface area contributed by atoms with Crippen molar-refractivity contribution in [3.63, 3.8) is 0 Å². The first-order valence-electron chi connectivity index (χ1n) is 7.78. The molecular formula is C15H26N2O2S2. The summed E-state index contributed by atoms with van der Waals surface area (Å²) in [7, 11) is -3.33. The van der Waals surface area contributed by atoms with Crippen LogP contribution in [0.5, 0.6) is 0 Å². The first-order valence-corrected chi connectivity index (χ1v) is 10.1. The van der Waals surface area contributed by atoms with Crippen molar-refractivity contribution in [2.24, 2.45) is 5.92 Å². The molecule has 120 valence electrons. The lowest BCUT2D eigenvalue weighted by Gasteiger charge is -2.22. The Morgan fingerprint density at radius 3 is 2.71 bits per heavy atom. The van der Waals surface area contributed by atoms with Gasteiger partial charge < -0.3 is 5.32 Å². The predicted molar refractivity (Wildman–Crippen MR) is 88.1 cm³/mol. The maximum Gasteiger partial charge on any atom is 0.252 e. The third-order valence-corrected chi connectivity index (χ3v) is 7.37. The second kappa shape index (κ2) is 7.22. The smallest absolute Gasteiger partial charge is 0.252 e. The number of hydrogen-bond acceptors (Lipinski definition) is 4. The van der Waals surface area contributed by atoms with E-state index in [0.717, 1.165) is 18.5 Å². The van der Waals surface area contributed by atoms with Crippen LogP contribution in [-0.4, -0.2) is 31.9 Å². The number of nitrogens with one attached hydrogen (secondary N) is 1. The van der Waals surface area contributed by atoms with Gasteiger partial charge in [0.2, 0.25) is 0 Å². The molecule has 1 aliphatic rings. The average molecular weight is 331 g/mol. The van der Waals surface area contributed by atoms with Gasteiger partial charge in [0, 0.05) is 25.7 Å². The van der Waals surface area contributed by atoms with Crippen LogP contribution in [0.25, 0.3) is 0 Å². The van der Waals surface area contributed by atoms with E-state index in [-0.39, 0.29) is 0 Å². The summed E-state index contributed by atoms with van der Waals surface area (Å²) in [5.41, 5.74) is 1.07. The van der Waals surface area contributed by atoms with E-state index in [1.165, 1.54) is 24.2 Å². The van der Waals surface area contributed by atoms with Crippen molar-refractivity contribution < 1.29 is 8.42 Å². The highest BCUT2D eigenvalue weighted by Crippen LogP contribution is 2.26. The minimum absolute atomic E-state index is 0.385. The maximum atomic E-state index is 12.7. The molecular weight excluding hydrogens is 304 g/mol. The van der Waals surface area contributed by atoms with Gasteiger partial charge in [-0.2, -0.15) is 4.31 Å². The fraction of sp³-hybridized carbons (Fsp3) is 0.733. The predicted octanol–water partition coefficient (Wildman–Crippen LogP) is 3.06. The number of sulfonamides is 1. The zero-order valence-corrected chi connectivity index (χ0v) is 14.8. The van der Waals surface area contributed by atoms with Gasteiger partial charge in [0.25, 0.3) is 10.0 Å². The highest BCUT2D eigenvalue weighted by Gasteiger charge is 2.26. The largest absolute Gasteiger partial charge is 0.310 e. The van der Waals surface area contributed by atoms with Gasteiger partial charge in [-0.15, -0.1) is 11.3 Å². The Morgan fingerprint density at radius 1 is 1.43 bits per heavy atom. The zero-order chi connectivity index (χ0) is 15.5.